The topological polar surface area (TPSA) is 71.4 Å². The van der Waals surface area contributed by atoms with Gasteiger partial charge in [0.15, 0.2) is 0 Å². The Labute approximate surface area is 108 Å². The lowest BCUT2D eigenvalue weighted by atomic mass is 10.2. The van der Waals surface area contributed by atoms with Crippen LogP contribution in [0.3, 0.4) is 0 Å². The van der Waals surface area contributed by atoms with Crippen LogP contribution in [0.5, 0.6) is 0 Å². The predicted molar refractivity (Wildman–Crippen MR) is 67.2 cm³/mol. The first kappa shape index (κ1) is 11.4. The van der Waals surface area contributed by atoms with Gasteiger partial charge in [0.1, 0.15) is 12.1 Å². The van der Waals surface area contributed by atoms with Crippen LogP contribution >= 0.6 is 0 Å². The first-order chi connectivity index (χ1) is 9.33. The molecule has 0 unspecified atom stereocenters. The molecule has 0 aliphatic carbocycles. The maximum absolute atomic E-state index is 13.7. The summed E-state index contributed by atoms with van der Waals surface area (Å²) in [7, 11) is 0. The van der Waals surface area contributed by atoms with Gasteiger partial charge >= 0.3 is 0 Å². The molecule has 0 spiro atoms. The number of nitrogens with one attached hydrogen (secondary N) is 2. The van der Waals surface area contributed by atoms with Crippen molar-refractivity contribution in [3.05, 3.63) is 54.4 Å². The Morgan fingerprint density at radius 1 is 1.32 bits per heavy atom. The van der Waals surface area contributed by atoms with Gasteiger partial charge in [-0.25, -0.2) is 9.07 Å². The Hall–Kier alpha value is -2.70. The maximum Gasteiger partial charge on any atom is 0.146 e. The molecule has 0 fully saturated rings. The van der Waals surface area contributed by atoms with Crippen LogP contribution in [0.25, 0.3) is 5.69 Å². The van der Waals surface area contributed by atoms with Crippen LogP contribution < -0.4 is 5.32 Å². The van der Waals surface area contributed by atoms with Gasteiger partial charge in [0.2, 0.25) is 0 Å². The fourth-order valence-corrected chi connectivity index (χ4v) is 1.74. The maximum atomic E-state index is 13.7. The van der Waals surface area contributed by atoms with Crippen LogP contribution in [-0.4, -0.2) is 25.2 Å². The number of rotatable bonds is 4. The van der Waals surface area contributed by atoms with Gasteiger partial charge < -0.3 is 10.3 Å². The molecule has 0 bridgehead atoms. The van der Waals surface area contributed by atoms with Crippen molar-refractivity contribution < 1.29 is 4.39 Å². The lowest BCUT2D eigenvalue weighted by Crippen LogP contribution is -2.03. The number of hydrogen-bond donors (Lipinski definition) is 2. The van der Waals surface area contributed by atoms with Gasteiger partial charge in [0, 0.05) is 11.9 Å². The van der Waals surface area contributed by atoms with E-state index in [1.54, 1.807) is 12.1 Å². The molecule has 0 aliphatic heterocycles. The van der Waals surface area contributed by atoms with Crippen LogP contribution in [-0.2, 0) is 6.54 Å². The van der Waals surface area contributed by atoms with Gasteiger partial charge in [-0.15, -0.1) is 5.10 Å². The number of aromatic nitrogens is 5. The van der Waals surface area contributed by atoms with Crippen LogP contribution in [0.2, 0.25) is 0 Å². The standard InChI is InChI=1S/C12H11FN6/c13-11-4-3-10(19-8-16-17-18-19)6-12(11)15-7-9-2-1-5-14-9/h1-6,8,14-15H,7H2. The SMILES string of the molecule is Fc1ccc(-n2cnnn2)cc1NCc1ccc[nH]1. The lowest BCUT2D eigenvalue weighted by Gasteiger charge is -2.08. The second-order valence-electron chi connectivity index (χ2n) is 3.97. The summed E-state index contributed by atoms with van der Waals surface area (Å²) in [6.07, 6.45) is 3.28. The first-order valence-electron chi connectivity index (χ1n) is 5.72. The molecule has 0 atom stereocenters. The minimum absolute atomic E-state index is 0.316. The van der Waals surface area contributed by atoms with Crippen molar-refractivity contribution in [3.8, 4) is 5.69 Å². The molecule has 0 aliphatic rings. The Morgan fingerprint density at radius 3 is 3.00 bits per heavy atom. The van der Waals surface area contributed by atoms with Crippen LogP contribution in [0, 0.1) is 5.82 Å². The molecule has 3 rings (SSSR count). The summed E-state index contributed by atoms with van der Waals surface area (Å²) in [5, 5.41) is 13.9. The number of halogens is 1. The average molecular weight is 258 g/mol. The quantitative estimate of drug-likeness (QED) is 0.747. The van der Waals surface area contributed by atoms with Gasteiger partial charge in [-0.05, 0) is 40.8 Å². The lowest BCUT2D eigenvalue weighted by molar-refractivity contribution is 0.629. The van der Waals surface area contributed by atoms with Gasteiger partial charge in [-0.3, -0.25) is 0 Å². The van der Waals surface area contributed by atoms with E-state index in [-0.39, 0.29) is 5.82 Å². The van der Waals surface area contributed by atoms with Gasteiger partial charge in [-0.2, -0.15) is 0 Å². The van der Waals surface area contributed by atoms with E-state index in [0.29, 0.717) is 17.9 Å². The molecule has 2 N–H and O–H groups in total. The number of tetrazole rings is 1. The summed E-state index contributed by atoms with van der Waals surface area (Å²) in [5.41, 5.74) is 2.08. The Kier molecular flexibility index (Phi) is 2.93. The van der Waals surface area contributed by atoms with Crippen LogP contribution in [0.15, 0.2) is 42.9 Å². The summed E-state index contributed by atoms with van der Waals surface area (Å²) in [6, 6.07) is 8.48. The van der Waals surface area contributed by atoms with E-state index in [4.69, 9.17) is 0 Å². The molecule has 6 nitrogen and oxygen atoms in total. The fraction of sp³-hybridized carbons (Fsp3) is 0.0833. The van der Waals surface area contributed by atoms with Crippen molar-refractivity contribution >= 4 is 5.69 Å². The summed E-state index contributed by atoms with van der Waals surface area (Å²) >= 11 is 0. The zero-order valence-electron chi connectivity index (χ0n) is 9.92. The molecule has 0 amide bonds. The summed E-state index contributed by atoms with van der Waals surface area (Å²) in [6.45, 7) is 0.517. The molecule has 96 valence electrons. The highest BCUT2D eigenvalue weighted by Crippen LogP contribution is 2.18. The minimum atomic E-state index is -0.316. The third-order valence-electron chi connectivity index (χ3n) is 2.70. The molecule has 0 saturated heterocycles. The van der Waals surface area contributed by atoms with E-state index < -0.39 is 0 Å². The Morgan fingerprint density at radius 2 is 2.26 bits per heavy atom. The van der Waals surface area contributed by atoms with Crippen molar-refractivity contribution in [1.29, 1.82) is 0 Å². The van der Waals surface area contributed by atoms with Crippen LogP contribution in [0.1, 0.15) is 5.69 Å². The van der Waals surface area contributed by atoms with E-state index in [0.717, 1.165) is 5.69 Å². The third kappa shape index (κ3) is 2.44. The molecule has 0 saturated carbocycles. The van der Waals surface area contributed by atoms with E-state index in [1.807, 2.05) is 18.3 Å². The molecular formula is C12H11FN6. The molecule has 19 heavy (non-hydrogen) atoms. The monoisotopic (exact) mass is 258 g/mol. The Balaban J connectivity index is 1.82. The molecule has 1 aromatic carbocycles. The number of H-pyrrole nitrogens is 1. The summed E-state index contributed by atoms with van der Waals surface area (Å²) in [4.78, 5) is 3.05. The highest BCUT2D eigenvalue weighted by molar-refractivity contribution is 5.52. The van der Waals surface area contributed by atoms with Gasteiger partial charge in [-0.1, -0.05) is 0 Å². The van der Waals surface area contributed by atoms with Gasteiger partial charge in [0.25, 0.3) is 0 Å². The minimum Gasteiger partial charge on any atom is -0.377 e. The van der Waals surface area contributed by atoms with Gasteiger partial charge in [0.05, 0.1) is 17.9 Å². The normalized spacial score (nSPS) is 10.6. The number of hydrogen-bond acceptors (Lipinski definition) is 4. The molecule has 3 aromatic rings. The molecule has 2 heterocycles. The van der Waals surface area contributed by atoms with Crippen molar-refractivity contribution in [2.45, 2.75) is 6.54 Å². The zero-order chi connectivity index (χ0) is 13.1. The van der Waals surface area contributed by atoms with Crippen molar-refractivity contribution in [1.82, 2.24) is 25.2 Å². The largest absolute Gasteiger partial charge is 0.377 e. The smallest absolute Gasteiger partial charge is 0.146 e. The summed E-state index contributed by atoms with van der Waals surface area (Å²) in [5.74, 6) is -0.316. The second kappa shape index (κ2) is 4.89. The van der Waals surface area contributed by atoms with Crippen LogP contribution in [0.4, 0.5) is 10.1 Å². The van der Waals surface area contributed by atoms with E-state index in [2.05, 4.69) is 25.8 Å². The number of anilines is 1. The number of nitrogens with zero attached hydrogens (tertiary/aromatic N) is 4. The zero-order valence-corrected chi connectivity index (χ0v) is 9.92. The van der Waals surface area contributed by atoms with E-state index >= 15 is 0 Å². The molecule has 2 aromatic heterocycles. The van der Waals surface area contributed by atoms with E-state index in [1.165, 1.54) is 17.1 Å². The molecular weight excluding hydrogens is 247 g/mol. The first-order valence-corrected chi connectivity index (χ1v) is 5.72. The third-order valence-corrected chi connectivity index (χ3v) is 2.70. The Bertz CT molecular complexity index is 647. The summed E-state index contributed by atoms with van der Waals surface area (Å²) < 4.78 is 15.2. The van der Waals surface area contributed by atoms with E-state index in [9.17, 15) is 4.39 Å². The highest BCUT2D eigenvalue weighted by atomic mass is 19.1. The van der Waals surface area contributed by atoms with Crippen molar-refractivity contribution in [2.75, 3.05) is 5.32 Å². The second-order valence-corrected chi connectivity index (χ2v) is 3.97. The predicted octanol–water partition coefficient (Wildman–Crippen LogP) is 1.74. The number of aromatic amines is 1. The van der Waals surface area contributed by atoms with Crippen molar-refractivity contribution in [3.63, 3.8) is 0 Å². The average Bonchev–Trinajstić information content (AvgIpc) is 3.11. The number of benzene rings is 1. The highest BCUT2D eigenvalue weighted by Gasteiger charge is 2.06. The van der Waals surface area contributed by atoms with Crippen molar-refractivity contribution in [2.24, 2.45) is 0 Å². The molecule has 0 radical (unpaired) electrons. The fourth-order valence-electron chi connectivity index (χ4n) is 1.74. The molecule has 7 heteroatoms.